The van der Waals surface area contributed by atoms with Gasteiger partial charge in [0.25, 0.3) is 0 Å². The van der Waals surface area contributed by atoms with E-state index in [4.69, 9.17) is 9.47 Å². The highest BCUT2D eigenvalue weighted by Gasteiger charge is 2.30. The van der Waals surface area contributed by atoms with Crippen molar-refractivity contribution in [2.75, 3.05) is 13.9 Å². The molecule has 2 rings (SSSR count). The van der Waals surface area contributed by atoms with E-state index in [1.165, 1.54) is 16.4 Å². The molecular weight excluding hydrogens is 343 g/mol. The molecule has 3 unspecified atom stereocenters. The lowest BCUT2D eigenvalue weighted by atomic mass is 9.94. The Kier molecular flexibility index (Phi) is 7.23. The maximum Gasteiger partial charge on any atom is 0.188 e. The van der Waals surface area contributed by atoms with E-state index in [1.807, 2.05) is 6.92 Å². The molecule has 26 heavy (non-hydrogen) atoms. The standard InChI is InChI=1S/C22H31O3P/c1-7-22(5,19-10-8-9-16(3)21(19)25-14-24-6)26-20-12-11-15(2)13-18(20)17(4)23/h8-13,17,23,26H,7,14H2,1-6H3. The maximum atomic E-state index is 10.2. The van der Waals surface area contributed by atoms with Crippen molar-refractivity contribution in [1.82, 2.24) is 0 Å². The number of benzene rings is 2. The van der Waals surface area contributed by atoms with Crippen molar-refractivity contribution in [1.29, 1.82) is 0 Å². The third kappa shape index (κ3) is 4.65. The van der Waals surface area contributed by atoms with Crippen molar-refractivity contribution in [3.63, 3.8) is 0 Å². The number of methoxy groups -OCH3 is 1. The fourth-order valence-corrected chi connectivity index (χ4v) is 4.88. The van der Waals surface area contributed by atoms with Gasteiger partial charge < -0.3 is 14.6 Å². The van der Waals surface area contributed by atoms with E-state index >= 15 is 0 Å². The van der Waals surface area contributed by atoms with Crippen LogP contribution in [-0.2, 0) is 9.89 Å². The van der Waals surface area contributed by atoms with Crippen molar-refractivity contribution < 1.29 is 14.6 Å². The van der Waals surface area contributed by atoms with Crippen LogP contribution in [0.15, 0.2) is 36.4 Å². The van der Waals surface area contributed by atoms with Crippen LogP contribution in [0.2, 0.25) is 0 Å². The molecule has 0 aliphatic carbocycles. The summed E-state index contributed by atoms with van der Waals surface area (Å²) < 4.78 is 11.1. The van der Waals surface area contributed by atoms with Gasteiger partial charge in [0.05, 0.1) is 6.10 Å². The third-order valence-corrected chi connectivity index (χ3v) is 6.80. The summed E-state index contributed by atoms with van der Waals surface area (Å²) in [5, 5.41) is 11.4. The molecule has 3 nitrogen and oxygen atoms in total. The van der Waals surface area contributed by atoms with Crippen molar-refractivity contribution in [2.24, 2.45) is 0 Å². The minimum atomic E-state index is -0.472. The van der Waals surface area contributed by atoms with Gasteiger partial charge in [0.15, 0.2) is 6.79 Å². The molecule has 0 aliphatic rings. The second kappa shape index (κ2) is 8.99. The first-order valence-electron chi connectivity index (χ1n) is 9.11. The monoisotopic (exact) mass is 374 g/mol. The zero-order valence-electron chi connectivity index (χ0n) is 16.7. The van der Waals surface area contributed by atoms with Crippen LogP contribution < -0.4 is 10.0 Å². The number of hydrogen-bond acceptors (Lipinski definition) is 3. The lowest BCUT2D eigenvalue weighted by Gasteiger charge is -2.32. The molecule has 0 aromatic heterocycles. The molecule has 0 radical (unpaired) electrons. The number of aliphatic hydroxyl groups excluding tert-OH is 1. The quantitative estimate of drug-likeness (QED) is 0.524. The van der Waals surface area contributed by atoms with Crippen LogP contribution in [0.1, 0.15) is 55.5 Å². The van der Waals surface area contributed by atoms with Gasteiger partial charge in [-0.2, -0.15) is 0 Å². The number of rotatable bonds is 8. The van der Waals surface area contributed by atoms with E-state index < -0.39 is 6.10 Å². The molecular formula is C22H31O3P. The highest BCUT2D eigenvalue weighted by molar-refractivity contribution is 7.48. The van der Waals surface area contributed by atoms with Gasteiger partial charge in [0.2, 0.25) is 0 Å². The molecule has 2 aromatic carbocycles. The summed E-state index contributed by atoms with van der Waals surface area (Å²) in [5.41, 5.74) is 4.51. The van der Waals surface area contributed by atoms with Crippen LogP contribution in [0.3, 0.4) is 0 Å². The predicted octanol–water partition coefficient (Wildman–Crippen LogP) is 4.97. The highest BCUT2D eigenvalue weighted by Crippen LogP contribution is 2.48. The molecule has 0 fully saturated rings. The zero-order valence-corrected chi connectivity index (χ0v) is 17.7. The molecule has 1 N–H and O–H groups in total. The van der Waals surface area contributed by atoms with Crippen LogP contribution in [0, 0.1) is 13.8 Å². The number of aliphatic hydroxyl groups is 1. The van der Waals surface area contributed by atoms with Crippen molar-refractivity contribution in [2.45, 2.75) is 52.3 Å². The molecule has 2 aromatic rings. The van der Waals surface area contributed by atoms with E-state index in [2.05, 4.69) is 64.1 Å². The van der Waals surface area contributed by atoms with E-state index in [-0.39, 0.29) is 11.9 Å². The zero-order chi connectivity index (χ0) is 19.3. The summed E-state index contributed by atoms with van der Waals surface area (Å²) in [4.78, 5) is 0. The predicted molar refractivity (Wildman–Crippen MR) is 111 cm³/mol. The summed E-state index contributed by atoms with van der Waals surface area (Å²) in [5.74, 6) is 0.914. The topological polar surface area (TPSA) is 38.7 Å². The van der Waals surface area contributed by atoms with Gasteiger partial charge in [0, 0.05) is 17.8 Å². The van der Waals surface area contributed by atoms with Gasteiger partial charge in [-0.3, -0.25) is 0 Å². The smallest absolute Gasteiger partial charge is 0.188 e. The van der Waals surface area contributed by atoms with Crippen LogP contribution in [0.4, 0.5) is 0 Å². The summed E-state index contributed by atoms with van der Waals surface area (Å²) >= 11 is 0. The molecule has 0 saturated carbocycles. The second-order valence-corrected chi connectivity index (χ2v) is 8.97. The van der Waals surface area contributed by atoms with Crippen LogP contribution >= 0.6 is 8.58 Å². The first kappa shape index (κ1) is 20.9. The van der Waals surface area contributed by atoms with Gasteiger partial charge in [-0.05, 0) is 43.6 Å². The van der Waals surface area contributed by atoms with Crippen LogP contribution in [0.5, 0.6) is 5.75 Å². The minimum Gasteiger partial charge on any atom is -0.467 e. The summed E-state index contributed by atoms with van der Waals surface area (Å²) in [6.45, 7) is 10.7. The highest BCUT2D eigenvalue weighted by atomic mass is 31.1. The number of para-hydroxylation sites is 1. The van der Waals surface area contributed by atoms with Gasteiger partial charge in [0.1, 0.15) is 5.75 Å². The molecule has 3 atom stereocenters. The molecule has 0 bridgehead atoms. The van der Waals surface area contributed by atoms with Crippen molar-refractivity contribution in [3.8, 4) is 5.75 Å². The Morgan fingerprint density at radius 3 is 2.54 bits per heavy atom. The maximum absolute atomic E-state index is 10.2. The molecule has 142 valence electrons. The first-order chi connectivity index (χ1) is 12.3. The normalized spacial score (nSPS) is 15.2. The molecule has 0 heterocycles. The van der Waals surface area contributed by atoms with E-state index in [0.29, 0.717) is 8.58 Å². The Labute approximate surface area is 159 Å². The Morgan fingerprint density at radius 2 is 1.92 bits per heavy atom. The fourth-order valence-electron chi connectivity index (χ4n) is 3.18. The molecule has 0 spiro atoms. The SMILES string of the molecule is CCC(C)(Pc1ccc(C)cc1C(C)O)c1cccc(C)c1OCOC. The van der Waals surface area contributed by atoms with Gasteiger partial charge in [-0.15, -0.1) is 0 Å². The average molecular weight is 374 g/mol. The lowest BCUT2D eigenvalue weighted by molar-refractivity contribution is 0.0495. The van der Waals surface area contributed by atoms with E-state index in [1.54, 1.807) is 7.11 Å². The molecule has 0 amide bonds. The molecule has 0 saturated heterocycles. The van der Waals surface area contributed by atoms with E-state index in [0.717, 1.165) is 23.3 Å². The molecule has 0 aliphatic heterocycles. The van der Waals surface area contributed by atoms with E-state index in [9.17, 15) is 5.11 Å². The Morgan fingerprint density at radius 1 is 1.19 bits per heavy atom. The Balaban J connectivity index is 2.49. The van der Waals surface area contributed by atoms with Crippen LogP contribution in [0.25, 0.3) is 0 Å². The van der Waals surface area contributed by atoms with Gasteiger partial charge >= 0.3 is 0 Å². The van der Waals surface area contributed by atoms with Crippen molar-refractivity contribution in [3.05, 3.63) is 58.7 Å². The Bertz CT molecular complexity index is 742. The lowest BCUT2D eigenvalue weighted by Crippen LogP contribution is -2.22. The van der Waals surface area contributed by atoms with Crippen LogP contribution in [-0.4, -0.2) is 19.0 Å². The summed E-state index contributed by atoms with van der Waals surface area (Å²) in [6, 6.07) is 12.7. The average Bonchev–Trinajstić information content (AvgIpc) is 2.61. The minimum absolute atomic E-state index is 0.0754. The van der Waals surface area contributed by atoms with Crippen molar-refractivity contribution >= 4 is 13.9 Å². The number of ether oxygens (including phenoxy) is 2. The Hall–Kier alpha value is -1.41. The molecule has 4 heteroatoms. The number of hydrogen-bond donors (Lipinski definition) is 1. The first-order valence-corrected chi connectivity index (χ1v) is 10.1. The fraction of sp³-hybridized carbons (Fsp3) is 0.455. The number of aryl methyl sites for hydroxylation is 2. The summed E-state index contributed by atoms with van der Waals surface area (Å²) in [6.07, 6.45) is 0.506. The third-order valence-electron chi connectivity index (χ3n) is 4.90. The van der Waals surface area contributed by atoms with Gasteiger partial charge in [-0.1, -0.05) is 64.4 Å². The largest absolute Gasteiger partial charge is 0.467 e. The summed E-state index contributed by atoms with van der Waals surface area (Å²) in [7, 11) is 2.17. The second-order valence-electron chi connectivity index (χ2n) is 7.08. The van der Waals surface area contributed by atoms with Gasteiger partial charge in [-0.25, -0.2) is 0 Å².